The molecule has 4 N–H and O–H groups in total. The minimum Gasteiger partial charge on any atom is -0.479 e. The molecule has 1 rings (SSSR count). The van der Waals surface area contributed by atoms with Crippen LogP contribution >= 0.6 is 0 Å². The van der Waals surface area contributed by atoms with E-state index in [1.54, 1.807) is 4.90 Å². The van der Waals surface area contributed by atoms with Crippen molar-refractivity contribution in [2.45, 2.75) is 18.9 Å². The molecule has 0 bridgehead atoms. The summed E-state index contributed by atoms with van der Waals surface area (Å²) in [5.74, 6) is -0.902. The summed E-state index contributed by atoms with van der Waals surface area (Å²) in [6.45, 7) is 1.94. The highest BCUT2D eigenvalue weighted by atomic mass is 16.4. The predicted octanol–water partition coefficient (Wildman–Crippen LogP) is -0.927. The van der Waals surface area contributed by atoms with Crippen LogP contribution in [-0.2, 0) is 4.79 Å². The number of amides is 2. The molecule has 1 unspecified atom stereocenters. The second-order valence-electron chi connectivity index (χ2n) is 4.55. The van der Waals surface area contributed by atoms with Crippen molar-refractivity contribution < 1.29 is 19.8 Å². The number of hydrogen-bond donors (Lipinski definition) is 4. The Morgan fingerprint density at radius 3 is 2.83 bits per heavy atom. The molecule has 2 atom stereocenters. The lowest BCUT2D eigenvalue weighted by Gasteiger charge is -2.32. The summed E-state index contributed by atoms with van der Waals surface area (Å²) in [5, 5.41) is 23.1. The molecule has 0 aliphatic carbocycles. The van der Waals surface area contributed by atoms with E-state index in [1.165, 1.54) is 0 Å². The Morgan fingerprint density at radius 2 is 2.22 bits per heavy atom. The van der Waals surface area contributed by atoms with Crippen LogP contribution in [0.1, 0.15) is 12.8 Å². The number of aliphatic hydroxyl groups is 1. The van der Waals surface area contributed by atoms with Crippen molar-refractivity contribution in [1.29, 1.82) is 0 Å². The molecule has 7 heteroatoms. The third kappa shape index (κ3) is 4.50. The van der Waals surface area contributed by atoms with Crippen LogP contribution in [0, 0.1) is 5.92 Å². The minimum atomic E-state index is -1.55. The highest BCUT2D eigenvalue weighted by molar-refractivity contribution is 5.76. The maximum absolute atomic E-state index is 11.8. The van der Waals surface area contributed by atoms with Crippen molar-refractivity contribution in [3.63, 3.8) is 0 Å². The average Bonchev–Trinajstić information content (AvgIpc) is 2.36. The third-order valence-corrected chi connectivity index (χ3v) is 3.03. The van der Waals surface area contributed by atoms with Crippen LogP contribution in [0.4, 0.5) is 4.79 Å². The minimum absolute atomic E-state index is 0.263. The number of carbonyl (C=O) groups is 2. The maximum Gasteiger partial charge on any atom is 0.334 e. The maximum atomic E-state index is 11.8. The number of nitrogens with one attached hydrogen (secondary N) is 2. The third-order valence-electron chi connectivity index (χ3n) is 3.03. The summed E-state index contributed by atoms with van der Waals surface area (Å²) in [4.78, 5) is 23.8. The van der Waals surface area contributed by atoms with E-state index in [1.807, 2.05) is 7.05 Å². The summed E-state index contributed by atoms with van der Waals surface area (Å²) >= 11 is 0. The number of piperidine rings is 1. The molecule has 1 aliphatic rings. The van der Waals surface area contributed by atoms with Gasteiger partial charge in [-0.05, 0) is 32.4 Å². The first-order valence-electron chi connectivity index (χ1n) is 6.12. The quantitative estimate of drug-likeness (QED) is 0.511. The van der Waals surface area contributed by atoms with Gasteiger partial charge in [0.1, 0.15) is 0 Å². The number of likely N-dealkylation sites (tertiary alicyclic amines) is 1. The first-order chi connectivity index (χ1) is 8.54. The second-order valence-corrected chi connectivity index (χ2v) is 4.55. The molecule has 0 aromatic rings. The second kappa shape index (κ2) is 7.17. The molecule has 1 saturated heterocycles. The monoisotopic (exact) mass is 259 g/mol. The van der Waals surface area contributed by atoms with Crippen molar-refractivity contribution in [1.82, 2.24) is 15.5 Å². The lowest BCUT2D eigenvalue weighted by atomic mass is 9.98. The van der Waals surface area contributed by atoms with Gasteiger partial charge in [0.05, 0.1) is 6.54 Å². The van der Waals surface area contributed by atoms with Gasteiger partial charge in [0.25, 0.3) is 0 Å². The van der Waals surface area contributed by atoms with E-state index in [-0.39, 0.29) is 12.6 Å². The summed E-state index contributed by atoms with van der Waals surface area (Å²) < 4.78 is 0. The Hall–Kier alpha value is -1.34. The molecule has 1 fully saturated rings. The highest BCUT2D eigenvalue weighted by Gasteiger charge is 2.24. The molecular formula is C11H21N3O4. The number of carboxylic acids is 1. The molecule has 2 amide bonds. The smallest absolute Gasteiger partial charge is 0.334 e. The Morgan fingerprint density at radius 1 is 1.50 bits per heavy atom. The van der Waals surface area contributed by atoms with Crippen molar-refractivity contribution >= 4 is 12.0 Å². The molecule has 1 heterocycles. The van der Waals surface area contributed by atoms with E-state index in [4.69, 9.17) is 10.2 Å². The molecular weight excluding hydrogens is 238 g/mol. The molecule has 104 valence electrons. The Bertz CT molecular complexity index is 296. The van der Waals surface area contributed by atoms with Crippen molar-refractivity contribution in [2.24, 2.45) is 5.92 Å². The zero-order valence-electron chi connectivity index (χ0n) is 10.6. The van der Waals surface area contributed by atoms with Gasteiger partial charge in [0.2, 0.25) is 0 Å². The van der Waals surface area contributed by atoms with Crippen molar-refractivity contribution in [3.8, 4) is 0 Å². The zero-order chi connectivity index (χ0) is 13.5. The van der Waals surface area contributed by atoms with Crippen LogP contribution in [-0.4, -0.2) is 66.4 Å². The molecule has 0 spiro atoms. The Kier molecular flexibility index (Phi) is 5.87. The molecule has 18 heavy (non-hydrogen) atoms. The molecule has 0 radical (unpaired) electrons. The van der Waals surface area contributed by atoms with Crippen LogP contribution in [0.5, 0.6) is 0 Å². The van der Waals surface area contributed by atoms with E-state index >= 15 is 0 Å². The molecule has 0 saturated carbocycles. The SMILES string of the molecule is CNCC1CCCN(C(=O)NC[C@H](O)C(=O)O)C1. The first-order valence-corrected chi connectivity index (χ1v) is 6.12. The summed E-state index contributed by atoms with van der Waals surface area (Å²) in [5.41, 5.74) is 0. The lowest BCUT2D eigenvalue weighted by molar-refractivity contribution is -0.146. The standard InChI is InChI=1S/C11H21N3O4/c1-12-5-8-3-2-4-14(7-8)11(18)13-6-9(15)10(16)17/h8-9,12,15H,2-7H2,1H3,(H,13,18)(H,16,17)/t8?,9-/m0/s1. The zero-order valence-corrected chi connectivity index (χ0v) is 10.6. The number of carboxylic acid groups (broad SMARTS) is 1. The van der Waals surface area contributed by atoms with E-state index in [2.05, 4.69) is 10.6 Å². The number of rotatable bonds is 5. The van der Waals surface area contributed by atoms with E-state index < -0.39 is 12.1 Å². The van der Waals surface area contributed by atoms with Crippen LogP contribution in [0.3, 0.4) is 0 Å². The number of aliphatic hydroxyl groups excluding tert-OH is 1. The normalized spacial score (nSPS) is 21.4. The van der Waals surface area contributed by atoms with Gasteiger partial charge in [-0.15, -0.1) is 0 Å². The fourth-order valence-electron chi connectivity index (χ4n) is 2.09. The number of hydrogen-bond acceptors (Lipinski definition) is 4. The topological polar surface area (TPSA) is 102 Å². The van der Waals surface area contributed by atoms with Crippen LogP contribution in [0.25, 0.3) is 0 Å². The lowest BCUT2D eigenvalue weighted by Crippen LogP contribution is -2.49. The van der Waals surface area contributed by atoms with Gasteiger partial charge in [0, 0.05) is 13.1 Å². The Balaban J connectivity index is 2.34. The molecule has 0 aromatic heterocycles. The number of aliphatic carboxylic acids is 1. The number of carbonyl (C=O) groups excluding carboxylic acids is 1. The highest BCUT2D eigenvalue weighted by Crippen LogP contribution is 2.15. The largest absolute Gasteiger partial charge is 0.479 e. The summed E-state index contributed by atoms with van der Waals surface area (Å²) in [6.07, 6.45) is 0.482. The fourth-order valence-corrected chi connectivity index (χ4v) is 2.09. The van der Waals surface area contributed by atoms with Crippen LogP contribution in [0.2, 0.25) is 0 Å². The molecule has 0 aromatic carbocycles. The predicted molar refractivity (Wildman–Crippen MR) is 65.3 cm³/mol. The Labute approximate surface area is 106 Å². The van der Waals surface area contributed by atoms with Gasteiger partial charge >= 0.3 is 12.0 Å². The van der Waals surface area contributed by atoms with E-state index in [9.17, 15) is 9.59 Å². The van der Waals surface area contributed by atoms with Crippen molar-refractivity contribution in [3.05, 3.63) is 0 Å². The van der Waals surface area contributed by atoms with E-state index in [0.29, 0.717) is 19.0 Å². The van der Waals surface area contributed by atoms with Crippen LogP contribution in [0.15, 0.2) is 0 Å². The van der Waals surface area contributed by atoms with Gasteiger partial charge in [-0.1, -0.05) is 0 Å². The number of urea groups is 1. The average molecular weight is 259 g/mol. The fraction of sp³-hybridized carbons (Fsp3) is 0.818. The summed E-state index contributed by atoms with van der Waals surface area (Å²) in [7, 11) is 1.88. The van der Waals surface area contributed by atoms with Gasteiger partial charge < -0.3 is 25.7 Å². The van der Waals surface area contributed by atoms with Crippen molar-refractivity contribution in [2.75, 3.05) is 33.2 Å². The van der Waals surface area contributed by atoms with E-state index in [0.717, 1.165) is 19.4 Å². The van der Waals surface area contributed by atoms with Gasteiger partial charge in [-0.2, -0.15) is 0 Å². The van der Waals surface area contributed by atoms with Crippen LogP contribution < -0.4 is 10.6 Å². The van der Waals surface area contributed by atoms with Gasteiger partial charge in [-0.25, -0.2) is 9.59 Å². The van der Waals surface area contributed by atoms with Gasteiger partial charge in [-0.3, -0.25) is 0 Å². The molecule has 7 nitrogen and oxygen atoms in total. The number of nitrogens with zero attached hydrogens (tertiary/aromatic N) is 1. The molecule has 1 aliphatic heterocycles. The summed E-state index contributed by atoms with van der Waals surface area (Å²) in [6, 6.07) is -0.309. The first kappa shape index (κ1) is 14.7. The van der Waals surface area contributed by atoms with Gasteiger partial charge in [0.15, 0.2) is 6.10 Å².